The quantitative estimate of drug-likeness (QED) is 0.877. The molecule has 2 nitrogen and oxygen atoms in total. The van der Waals surface area contributed by atoms with Crippen molar-refractivity contribution in [2.75, 3.05) is 19.0 Å². The molecule has 19 heavy (non-hydrogen) atoms. The molecule has 0 atom stereocenters. The first-order chi connectivity index (χ1) is 9.28. The van der Waals surface area contributed by atoms with Crippen molar-refractivity contribution < 1.29 is 4.74 Å². The lowest BCUT2D eigenvalue weighted by Crippen LogP contribution is -2.12. The number of methoxy groups -OCH3 is 1. The van der Waals surface area contributed by atoms with Crippen LogP contribution in [0.4, 0.5) is 5.69 Å². The van der Waals surface area contributed by atoms with Gasteiger partial charge in [-0.25, -0.2) is 0 Å². The molecule has 1 N–H and O–H groups in total. The Labute approximate surface area is 118 Å². The molecule has 0 bridgehead atoms. The Hall–Kier alpha value is -1.67. The molecule has 3 rings (SSSR count). The Morgan fingerprint density at radius 1 is 1.21 bits per heavy atom. The molecule has 1 aliphatic heterocycles. The van der Waals surface area contributed by atoms with Gasteiger partial charge in [-0.2, -0.15) is 0 Å². The van der Waals surface area contributed by atoms with Crippen molar-refractivity contribution in [1.29, 1.82) is 0 Å². The van der Waals surface area contributed by atoms with E-state index in [9.17, 15) is 0 Å². The molecule has 1 heterocycles. The zero-order valence-corrected chi connectivity index (χ0v) is 11.6. The van der Waals surface area contributed by atoms with E-state index in [0.717, 1.165) is 41.3 Å². The van der Waals surface area contributed by atoms with E-state index in [1.807, 2.05) is 24.3 Å². The third kappa shape index (κ3) is 2.41. The molecule has 0 saturated carbocycles. The Bertz CT molecular complexity index is 610. The lowest BCUT2D eigenvalue weighted by atomic mass is 9.95. The topological polar surface area (TPSA) is 21.3 Å². The second-order valence-electron chi connectivity index (χ2n) is 4.75. The van der Waals surface area contributed by atoms with Gasteiger partial charge in [-0.1, -0.05) is 23.7 Å². The molecule has 2 aromatic carbocycles. The van der Waals surface area contributed by atoms with Crippen molar-refractivity contribution >= 4 is 17.3 Å². The number of anilines is 1. The fraction of sp³-hybridized carbons (Fsp3) is 0.250. The summed E-state index contributed by atoms with van der Waals surface area (Å²) in [4.78, 5) is 0. The van der Waals surface area contributed by atoms with E-state index < -0.39 is 0 Å². The van der Waals surface area contributed by atoms with Gasteiger partial charge in [0, 0.05) is 22.8 Å². The highest BCUT2D eigenvalue weighted by atomic mass is 35.5. The molecule has 2 aromatic rings. The van der Waals surface area contributed by atoms with Crippen LogP contribution in [0.15, 0.2) is 36.4 Å². The number of hydrogen-bond donors (Lipinski definition) is 1. The summed E-state index contributed by atoms with van der Waals surface area (Å²) >= 11 is 6.25. The fourth-order valence-corrected chi connectivity index (χ4v) is 2.82. The monoisotopic (exact) mass is 273 g/mol. The smallest absolute Gasteiger partial charge is 0.119 e. The summed E-state index contributed by atoms with van der Waals surface area (Å²) in [7, 11) is 1.69. The Morgan fingerprint density at radius 3 is 2.95 bits per heavy atom. The minimum Gasteiger partial charge on any atom is -0.497 e. The minimum absolute atomic E-state index is 0.792. The summed E-state index contributed by atoms with van der Waals surface area (Å²) in [5.74, 6) is 0.863. The van der Waals surface area contributed by atoms with Gasteiger partial charge in [0.05, 0.1) is 7.11 Å². The van der Waals surface area contributed by atoms with Crippen LogP contribution >= 0.6 is 11.6 Å². The summed E-state index contributed by atoms with van der Waals surface area (Å²) in [5, 5.41) is 4.29. The highest BCUT2D eigenvalue weighted by Crippen LogP contribution is 2.37. The van der Waals surface area contributed by atoms with Crippen LogP contribution in [0.1, 0.15) is 12.0 Å². The van der Waals surface area contributed by atoms with Crippen LogP contribution < -0.4 is 10.1 Å². The normalized spacial score (nSPS) is 13.6. The zero-order valence-electron chi connectivity index (χ0n) is 10.9. The van der Waals surface area contributed by atoms with Crippen LogP contribution in [-0.2, 0) is 6.42 Å². The third-order valence-corrected chi connectivity index (χ3v) is 3.71. The van der Waals surface area contributed by atoms with Gasteiger partial charge in [-0.15, -0.1) is 0 Å². The Kier molecular flexibility index (Phi) is 3.34. The van der Waals surface area contributed by atoms with Crippen LogP contribution in [0.3, 0.4) is 0 Å². The van der Waals surface area contributed by atoms with Gasteiger partial charge >= 0.3 is 0 Å². The van der Waals surface area contributed by atoms with Crippen LogP contribution in [0.25, 0.3) is 11.1 Å². The van der Waals surface area contributed by atoms with E-state index in [2.05, 4.69) is 17.4 Å². The average Bonchev–Trinajstić information content (AvgIpc) is 2.46. The molecule has 0 fully saturated rings. The second kappa shape index (κ2) is 5.14. The van der Waals surface area contributed by atoms with Crippen molar-refractivity contribution in [1.82, 2.24) is 0 Å². The maximum absolute atomic E-state index is 6.25. The SMILES string of the molecule is COc1cccc(-c2cc(Cl)cc3c2NCCC3)c1. The number of aryl methyl sites for hydroxylation is 1. The van der Waals surface area contributed by atoms with Crippen LogP contribution in [-0.4, -0.2) is 13.7 Å². The number of ether oxygens (including phenoxy) is 1. The Morgan fingerprint density at radius 2 is 2.11 bits per heavy atom. The molecule has 0 spiro atoms. The minimum atomic E-state index is 0.792. The first-order valence-electron chi connectivity index (χ1n) is 6.48. The van der Waals surface area contributed by atoms with E-state index in [4.69, 9.17) is 16.3 Å². The van der Waals surface area contributed by atoms with Gasteiger partial charge in [0.1, 0.15) is 5.75 Å². The molecule has 1 aliphatic rings. The molecule has 0 radical (unpaired) electrons. The van der Waals surface area contributed by atoms with Gasteiger partial charge < -0.3 is 10.1 Å². The molecular formula is C16H16ClNO. The summed E-state index contributed by atoms with van der Waals surface area (Å²) in [6.07, 6.45) is 2.24. The van der Waals surface area contributed by atoms with E-state index >= 15 is 0 Å². The molecule has 98 valence electrons. The molecule has 0 aromatic heterocycles. The maximum Gasteiger partial charge on any atom is 0.119 e. The van der Waals surface area contributed by atoms with Crippen LogP contribution in [0, 0.1) is 0 Å². The predicted molar refractivity (Wildman–Crippen MR) is 80.3 cm³/mol. The number of fused-ring (bicyclic) bond motifs is 1. The van der Waals surface area contributed by atoms with Crippen molar-refractivity contribution in [3.63, 3.8) is 0 Å². The van der Waals surface area contributed by atoms with Gasteiger partial charge in [-0.05, 0) is 48.2 Å². The third-order valence-electron chi connectivity index (χ3n) is 3.49. The predicted octanol–water partition coefficient (Wildman–Crippen LogP) is 4.37. The highest BCUT2D eigenvalue weighted by molar-refractivity contribution is 6.31. The van der Waals surface area contributed by atoms with E-state index in [1.54, 1.807) is 7.11 Å². The average molecular weight is 274 g/mol. The van der Waals surface area contributed by atoms with Crippen molar-refractivity contribution in [3.8, 4) is 16.9 Å². The van der Waals surface area contributed by atoms with E-state index in [0.29, 0.717) is 0 Å². The van der Waals surface area contributed by atoms with E-state index in [1.165, 1.54) is 11.3 Å². The first kappa shape index (κ1) is 12.4. The summed E-state index contributed by atoms with van der Waals surface area (Å²) in [6.45, 7) is 1.02. The van der Waals surface area contributed by atoms with Gasteiger partial charge in [0.25, 0.3) is 0 Å². The first-order valence-corrected chi connectivity index (χ1v) is 6.86. The number of nitrogens with one attached hydrogen (secondary N) is 1. The zero-order chi connectivity index (χ0) is 13.2. The number of halogens is 1. The number of hydrogen-bond acceptors (Lipinski definition) is 2. The standard InChI is InChI=1S/C16H16ClNO/c1-19-14-6-2-4-11(9-14)15-10-13(17)8-12-5-3-7-18-16(12)15/h2,4,6,8-10,18H,3,5,7H2,1H3. The summed E-state index contributed by atoms with van der Waals surface area (Å²) in [5.41, 5.74) is 4.80. The highest BCUT2D eigenvalue weighted by Gasteiger charge is 2.15. The fourth-order valence-electron chi connectivity index (χ4n) is 2.58. The van der Waals surface area contributed by atoms with Gasteiger partial charge in [0.15, 0.2) is 0 Å². The van der Waals surface area contributed by atoms with Crippen LogP contribution in [0.5, 0.6) is 5.75 Å². The Balaban J connectivity index is 2.15. The summed E-state index contributed by atoms with van der Waals surface area (Å²) in [6, 6.07) is 12.2. The molecule has 0 saturated heterocycles. The largest absolute Gasteiger partial charge is 0.497 e. The van der Waals surface area contributed by atoms with Crippen molar-refractivity contribution in [3.05, 3.63) is 47.0 Å². The lowest BCUT2D eigenvalue weighted by molar-refractivity contribution is 0.415. The molecular weight excluding hydrogens is 258 g/mol. The van der Waals surface area contributed by atoms with Crippen LogP contribution in [0.2, 0.25) is 5.02 Å². The van der Waals surface area contributed by atoms with Gasteiger partial charge in [0.2, 0.25) is 0 Å². The second-order valence-corrected chi connectivity index (χ2v) is 5.19. The molecule has 3 heteroatoms. The lowest BCUT2D eigenvalue weighted by Gasteiger charge is -2.22. The molecule has 0 aliphatic carbocycles. The molecule has 0 unspecified atom stereocenters. The number of benzene rings is 2. The van der Waals surface area contributed by atoms with E-state index in [-0.39, 0.29) is 0 Å². The van der Waals surface area contributed by atoms with Crippen molar-refractivity contribution in [2.45, 2.75) is 12.8 Å². The number of rotatable bonds is 2. The van der Waals surface area contributed by atoms with Crippen molar-refractivity contribution in [2.24, 2.45) is 0 Å². The van der Waals surface area contributed by atoms with Gasteiger partial charge in [-0.3, -0.25) is 0 Å². The molecule has 0 amide bonds. The summed E-state index contributed by atoms with van der Waals surface area (Å²) < 4.78 is 5.30. The maximum atomic E-state index is 6.25.